The van der Waals surface area contributed by atoms with Crippen molar-refractivity contribution in [3.8, 4) is 0 Å². The highest BCUT2D eigenvalue weighted by Crippen LogP contribution is 2.25. The first-order valence-electron chi connectivity index (χ1n) is 3.62. The van der Waals surface area contributed by atoms with Gasteiger partial charge in [0.25, 0.3) is 0 Å². The predicted octanol–water partition coefficient (Wildman–Crippen LogP) is 3.22. The largest absolute Gasteiger partial charge is 0.0654 e. The molecule has 0 aliphatic rings. The van der Waals surface area contributed by atoms with Gasteiger partial charge in [-0.25, -0.2) is 0 Å². The average molecular weight is 114 g/mol. The highest BCUT2D eigenvalue weighted by atomic mass is 14.2. The summed E-state index contributed by atoms with van der Waals surface area (Å²) < 4.78 is 0. The Morgan fingerprint density at radius 2 is 1.62 bits per heavy atom. The first-order chi connectivity index (χ1) is 3.62. The van der Waals surface area contributed by atoms with Gasteiger partial charge in [-0.05, 0) is 11.8 Å². The molecule has 0 unspecified atom stereocenters. The van der Waals surface area contributed by atoms with Crippen LogP contribution in [-0.4, -0.2) is 0 Å². The Hall–Kier alpha value is 0. The molecule has 0 aromatic rings. The van der Waals surface area contributed by atoms with Crippen LogP contribution < -0.4 is 0 Å². The van der Waals surface area contributed by atoms with Gasteiger partial charge in [-0.15, -0.1) is 0 Å². The van der Waals surface area contributed by atoms with Crippen molar-refractivity contribution in [2.75, 3.05) is 0 Å². The van der Waals surface area contributed by atoms with Crippen molar-refractivity contribution in [2.45, 2.75) is 47.0 Å². The second kappa shape index (κ2) is 3.11. The summed E-state index contributed by atoms with van der Waals surface area (Å²) in [4.78, 5) is 0. The van der Waals surface area contributed by atoms with E-state index in [-0.39, 0.29) is 0 Å². The van der Waals surface area contributed by atoms with Crippen LogP contribution in [0.25, 0.3) is 0 Å². The predicted molar refractivity (Wildman–Crippen MR) is 39.0 cm³/mol. The third-order valence-corrected chi connectivity index (χ3v) is 1.88. The van der Waals surface area contributed by atoms with Crippen molar-refractivity contribution >= 4 is 0 Å². The lowest BCUT2D eigenvalue weighted by atomic mass is 9.86. The molecule has 0 saturated heterocycles. The van der Waals surface area contributed by atoms with E-state index >= 15 is 0 Å². The third kappa shape index (κ3) is 3.06. The van der Waals surface area contributed by atoms with E-state index in [9.17, 15) is 0 Å². The zero-order chi connectivity index (χ0) is 6.62. The maximum atomic E-state index is 2.33. The van der Waals surface area contributed by atoms with Crippen LogP contribution in [0.1, 0.15) is 47.0 Å². The van der Waals surface area contributed by atoms with Gasteiger partial charge in [-0.2, -0.15) is 0 Å². The minimum absolute atomic E-state index is 0.592. The van der Waals surface area contributed by atoms with E-state index in [4.69, 9.17) is 0 Å². The summed E-state index contributed by atoms with van der Waals surface area (Å²) in [6.45, 7) is 9.17. The lowest BCUT2D eigenvalue weighted by Gasteiger charge is -2.20. The molecule has 0 N–H and O–H groups in total. The Morgan fingerprint density at radius 1 is 1.12 bits per heavy atom. The van der Waals surface area contributed by atoms with Gasteiger partial charge in [0.1, 0.15) is 0 Å². The molecule has 0 fully saturated rings. The number of hydrogen-bond donors (Lipinski definition) is 0. The molecule has 0 aliphatic carbocycles. The summed E-state index contributed by atoms with van der Waals surface area (Å²) in [7, 11) is 0. The first-order valence-corrected chi connectivity index (χ1v) is 3.62. The van der Waals surface area contributed by atoms with E-state index in [1.165, 1.54) is 19.3 Å². The van der Waals surface area contributed by atoms with Gasteiger partial charge in [-0.1, -0.05) is 40.5 Å². The molecule has 0 nitrogen and oxygen atoms in total. The fourth-order valence-electron chi connectivity index (χ4n) is 0.854. The summed E-state index contributed by atoms with van der Waals surface area (Å²) >= 11 is 0. The molecule has 0 heterocycles. The summed E-state index contributed by atoms with van der Waals surface area (Å²) in [6, 6.07) is 0. The Balaban J connectivity index is 3.37. The SMILES string of the molecule is CCCC(C)(C)CC. The number of rotatable bonds is 3. The molecule has 0 bridgehead atoms. The van der Waals surface area contributed by atoms with Gasteiger partial charge in [0.2, 0.25) is 0 Å². The van der Waals surface area contributed by atoms with Crippen LogP contribution in [-0.2, 0) is 0 Å². The van der Waals surface area contributed by atoms with Crippen LogP contribution >= 0.6 is 0 Å². The van der Waals surface area contributed by atoms with E-state index in [0.29, 0.717) is 5.41 Å². The van der Waals surface area contributed by atoms with Crippen LogP contribution in [0.5, 0.6) is 0 Å². The van der Waals surface area contributed by atoms with Crippen LogP contribution in [0.3, 0.4) is 0 Å². The van der Waals surface area contributed by atoms with Crippen molar-refractivity contribution in [1.82, 2.24) is 0 Å². The van der Waals surface area contributed by atoms with Gasteiger partial charge in [0.05, 0.1) is 0 Å². The normalized spacial score (nSPS) is 12.0. The number of hydrogen-bond acceptors (Lipinski definition) is 0. The minimum Gasteiger partial charge on any atom is -0.0654 e. The fourth-order valence-corrected chi connectivity index (χ4v) is 0.854. The van der Waals surface area contributed by atoms with Crippen LogP contribution in [0.15, 0.2) is 0 Å². The Labute approximate surface area is 53.3 Å². The quantitative estimate of drug-likeness (QED) is 0.528. The van der Waals surface area contributed by atoms with E-state index in [1.807, 2.05) is 0 Å². The lowest BCUT2D eigenvalue weighted by molar-refractivity contribution is 0.319. The van der Waals surface area contributed by atoms with Crippen LogP contribution in [0.4, 0.5) is 0 Å². The zero-order valence-electron chi connectivity index (χ0n) is 6.62. The van der Waals surface area contributed by atoms with Crippen LogP contribution in [0, 0.1) is 5.41 Å². The van der Waals surface area contributed by atoms with Crippen molar-refractivity contribution < 1.29 is 0 Å². The monoisotopic (exact) mass is 114 g/mol. The molecule has 0 saturated carbocycles. The van der Waals surface area contributed by atoms with E-state index in [1.54, 1.807) is 0 Å². The Morgan fingerprint density at radius 3 is 1.75 bits per heavy atom. The topological polar surface area (TPSA) is 0 Å². The molecular formula is C8H18. The highest BCUT2D eigenvalue weighted by Gasteiger charge is 2.11. The van der Waals surface area contributed by atoms with E-state index in [0.717, 1.165) is 0 Å². The van der Waals surface area contributed by atoms with Gasteiger partial charge in [0.15, 0.2) is 0 Å². The molecule has 50 valence electrons. The summed E-state index contributed by atoms with van der Waals surface area (Å²) in [5, 5.41) is 0. The van der Waals surface area contributed by atoms with E-state index < -0.39 is 0 Å². The molecule has 0 aromatic heterocycles. The average Bonchev–Trinajstić information content (AvgIpc) is 1.67. The van der Waals surface area contributed by atoms with Crippen molar-refractivity contribution in [1.29, 1.82) is 0 Å². The van der Waals surface area contributed by atoms with Gasteiger partial charge >= 0.3 is 0 Å². The molecule has 0 heteroatoms. The summed E-state index contributed by atoms with van der Waals surface area (Å²) in [5.41, 5.74) is 0.592. The van der Waals surface area contributed by atoms with Gasteiger partial charge in [-0.3, -0.25) is 0 Å². The van der Waals surface area contributed by atoms with Crippen molar-refractivity contribution in [3.05, 3.63) is 0 Å². The zero-order valence-corrected chi connectivity index (χ0v) is 6.62. The second-order valence-corrected chi connectivity index (χ2v) is 3.27. The maximum absolute atomic E-state index is 2.33. The molecule has 0 aliphatic heterocycles. The maximum Gasteiger partial charge on any atom is -0.0357 e. The molecule has 0 atom stereocenters. The Kier molecular flexibility index (Phi) is 3.11. The summed E-state index contributed by atoms with van der Waals surface area (Å²) in [6.07, 6.45) is 3.99. The molecule has 0 rings (SSSR count). The lowest BCUT2D eigenvalue weighted by Crippen LogP contribution is -2.07. The highest BCUT2D eigenvalue weighted by molar-refractivity contribution is 4.63. The molecule has 8 heavy (non-hydrogen) atoms. The van der Waals surface area contributed by atoms with E-state index in [2.05, 4.69) is 27.7 Å². The fraction of sp³-hybridized carbons (Fsp3) is 1.00. The summed E-state index contributed by atoms with van der Waals surface area (Å²) in [5.74, 6) is 0. The smallest absolute Gasteiger partial charge is 0.0357 e. The third-order valence-electron chi connectivity index (χ3n) is 1.88. The molecule has 0 spiro atoms. The molecule has 0 aromatic carbocycles. The molecule has 0 radical (unpaired) electrons. The van der Waals surface area contributed by atoms with Crippen molar-refractivity contribution in [2.24, 2.45) is 5.41 Å². The van der Waals surface area contributed by atoms with Gasteiger partial charge < -0.3 is 0 Å². The molecular weight excluding hydrogens is 96.1 g/mol. The first kappa shape index (κ1) is 8.00. The van der Waals surface area contributed by atoms with Crippen molar-refractivity contribution in [3.63, 3.8) is 0 Å². The van der Waals surface area contributed by atoms with Gasteiger partial charge in [0, 0.05) is 0 Å². The molecule has 0 amide bonds. The van der Waals surface area contributed by atoms with Crippen LogP contribution in [0.2, 0.25) is 0 Å². The standard InChI is InChI=1S/C8H18/c1-5-7-8(3,4)6-2/h5-7H2,1-4H3. The Bertz CT molecular complexity index is 53.1. The minimum atomic E-state index is 0.592. The second-order valence-electron chi connectivity index (χ2n) is 3.27.